The van der Waals surface area contributed by atoms with Gasteiger partial charge >= 0.3 is 0 Å². The van der Waals surface area contributed by atoms with Gasteiger partial charge in [0.15, 0.2) is 0 Å². The first-order valence-electron chi connectivity index (χ1n) is 7.51. The maximum atomic E-state index is 5.88. The van der Waals surface area contributed by atoms with Gasteiger partial charge in [-0.1, -0.05) is 32.0 Å². The fraction of sp³-hybridized carbons (Fsp3) is 0.529. The maximum absolute atomic E-state index is 5.88. The Labute approximate surface area is 120 Å². The number of hydrogen-bond acceptors (Lipinski definition) is 3. The van der Waals surface area contributed by atoms with Crippen molar-refractivity contribution in [3.63, 3.8) is 0 Å². The van der Waals surface area contributed by atoms with Crippen LogP contribution < -0.4 is 5.73 Å². The topological polar surface area (TPSA) is 42.4 Å². The number of nitrogens with two attached hydrogens (primary N) is 1. The second kappa shape index (κ2) is 5.23. The van der Waals surface area contributed by atoms with Crippen molar-refractivity contribution in [2.75, 3.05) is 13.1 Å². The Balaban J connectivity index is 1.83. The molecule has 0 spiro atoms. The zero-order chi connectivity index (χ0) is 14.2. The van der Waals surface area contributed by atoms with Crippen LogP contribution in [0.3, 0.4) is 0 Å². The smallest absolute Gasteiger partial charge is 0.134 e. The van der Waals surface area contributed by atoms with Crippen molar-refractivity contribution in [3.05, 3.63) is 35.6 Å². The number of hydrogen-bond donors (Lipinski definition) is 1. The minimum atomic E-state index is 0.476. The molecule has 0 radical (unpaired) electrons. The molecular formula is C17H24N2O. The first kappa shape index (κ1) is 13.7. The van der Waals surface area contributed by atoms with Gasteiger partial charge in [0, 0.05) is 17.5 Å². The highest BCUT2D eigenvalue weighted by Gasteiger charge is 2.26. The first-order valence-corrected chi connectivity index (χ1v) is 7.51. The van der Waals surface area contributed by atoms with Crippen LogP contribution in [0.25, 0.3) is 11.0 Å². The van der Waals surface area contributed by atoms with Crippen molar-refractivity contribution in [1.29, 1.82) is 0 Å². The number of likely N-dealkylation sites (tertiary alicyclic amines) is 1. The summed E-state index contributed by atoms with van der Waals surface area (Å²) in [7, 11) is 0. The maximum Gasteiger partial charge on any atom is 0.134 e. The Morgan fingerprint density at radius 1 is 1.20 bits per heavy atom. The fourth-order valence-electron chi connectivity index (χ4n) is 3.03. The summed E-state index contributed by atoms with van der Waals surface area (Å²) in [5.74, 6) is 0.941. The van der Waals surface area contributed by atoms with E-state index in [2.05, 4.69) is 30.9 Å². The molecule has 3 nitrogen and oxygen atoms in total. The normalized spacial score (nSPS) is 19.6. The van der Waals surface area contributed by atoms with Crippen molar-refractivity contribution < 1.29 is 4.42 Å². The summed E-state index contributed by atoms with van der Waals surface area (Å²) in [6.07, 6.45) is 2.53. The molecular weight excluding hydrogens is 248 g/mol. The van der Waals surface area contributed by atoms with Gasteiger partial charge in [0.25, 0.3) is 0 Å². The van der Waals surface area contributed by atoms with Crippen LogP contribution in [-0.2, 0) is 13.1 Å². The van der Waals surface area contributed by atoms with Gasteiger partial charge in [-0.25, -0.2) is 0 Å². The molecule has 0 bridgehead atoms. The van der Waals surface area contributed by atoms with Crippen LogP contribution in [-0.4, -0.2) is 18.0 Å². The van der Waals surface area contributed by atoms with E-state index in [1.807, 2.05) is 12.1 Å². The first-order chi connectivity index (χ1) is 9.59. The molecule has 2 aromatic rings. The van der Waals surface area contributed by atoms with Gasteiger partial charge in [-0.15, -0.1) is 0 Å². The molecule has 1 aliphatic rings. The lowest BCUT2D eigenvalue weighted by Gasteiger charge is -2.36. The molecule has 108 valence electrons. The van der Waals surface area contributed by atoms with Crippen LogP contribution in [0.4, 0.5) is 0 Å². The highest BCUT2D eigenvalue weighted by Crippen LogP contribution is 2.32. The number of rotatable bonds is 3. The molecule has 1 aromatic carbocycles. The summed E-state index contributed by atoms with van der Waals surface area (Å²) in [4.78, 5) is 2.53. The van der Waals surface area contributed by atoms with E-state index in [1.54, 1.807) is 0 Å². The molecule has 1 aromatic heterocycles. The highest BCUT2D eigenvalue weighted by molar-refractivity contribution is 5.82. The van der Waals surface area contributed by atoms with E-state index in [1.165, 1.54) is 23.8 Å². The summed E-state index contributed by atoms with van der Waals surface area (Å²) in [6.45, 7) is 8.49. The number of piperidine rings is 1. The molecule has 0 atom stereocenters. The Kier molecular flexibility index (Phi) is 3.57. The van der Waals surface area contributed by atoms with E-state index >= 15 is 0 Å². The molecule has 0 aliphatic carbocycles. The predicted octanol–water partition coefficient (Wildman–Crippen LogP) is 3.51. The van der Waals surface area contributed by atoms with E-state index in [0.717, 1.165) is 31.0 Å². The molecule has 1 saturated heterocycles. The van der Waals surface area contributed by atoms with Crippen LogP contribution in [0.1, 0.15) is 38.0 Å². The van der Waals surface area contributed by atoms with Crippen LogP contribution in [0.2, 0.25) is 0 Å². The van der Waals surface area contributed by atoms with Crippen LogP contribution in [0.5, 0.6) is 0 Å². The van der Waals surface area contributed by atoms with Crippen molar-refractivity contribution >= 4 is 11.0 Å². The molecule has 3 rings (SSSR count). The minimum Gasteiger partial charge on any atom is -0.459 e. The third kappa shape index (κ3) is 2.60. The number of fused-ring (bicyclic) bond motifs is 1. The minimum absolute atomic E-state index is 0.476. The van der Waals surface area contributed by atoms with Crippen LogP contribution in [0, 0.1) is 5.41 Å². The Bertz CT molecular complexity index is 590. The van der Waals surface area contributed by atoms with Gasteiger partial charge in [0.2, 0.25) is 0 Å². The van der Waals surface area contributed by atoms with Crippen molar-refractivity contribution in [3.8, 4) is 0 Å². The Hall–Kier alpha value is -1.32. The van der Waals surface area contributed by atoms with E-state index in [4.69, 9.17) is 10.2 Å². The second-order valence-electron chi connectivity index (χ2n) is 6.64. The summed E-state index contributed by atoms with van der Waals surface area (Å²) in [5.41, 5.74) is 8.58. The Morgan fingerprint density at radius 2 is 1.90 bits per heavy atom. The molecule has 20 heavy (non-hydrogen) atoms. The quantitative estimate of drug-likeness (QED) is 0.929. The molecule has 0 amide bonds. The van der Waals surface area contributed by atoms with Gasteiger partial charge in [-0.2, -0.15) is 0 Å². The molecule has 1 aliphatic heterocycles. The van der Waals surface area contributed by atoms with Gasteiger partial charge in [0.05, 0.1) is 6.54 Å². The van der Waals surface area contributed by atoms with Crippen molar-refractivity contribution in [2.24, 2.45) is 11.1 Å². The van der Waals surface area contributed by atoms with Gasteiger partial charge < -0.3 is 10.2 Å². The molecule has 1 fully saturated rings. The van der Waals surface area contributed by atoms with Gasteiger partial charge in [-0.3, -0.25) is 4.90 Å². The van der Waals surface area contributed by atoms with E-state index in [0.29, 0.717) is 12.0 Å². The average molecular weight is 272 g/mol. The largest absolute Gasteiger partial charge is 0.459 e. The molecule has 2 N–H and O–H groups in total. The fourth-order valence-corrected chi connectivity index (χ4v) is 3.03. The van der Waals surface area contributed by atoms with E-state index < -0.39 is 0 Å². The van der Waals surface area contributed by atoms with Crippen molar-refractivity contribution in [1.82, 2.24) is 4.90 Å². The second-order valence-corrected chi connectivity index (χ2v) is 6.64. The molecule has 0 saturated carbocycles. The monoisotopic (exact) mass is 272 g/mol. The van der Waals surface area contributed by atoms with E-state index in [9.17, 15) is 0 Å². The number of benzene rings is 1. The zero-order valence-corrected chi connectivity index (χ0v) is 12.5. The predicted molar refractivity (Wildman–Crippen MR) is 82.4 cm³/mol. The molecule has 3 heteroatoms. The SMILES string of the molecule is CC1(C)CCN(Cc2c(CN)oc3ccccc23)CC1. The third-order valence-corrected chi connectivity index (χ3v) is 4.56. The highest BCUT2D eigenvalue weighted by atomic mass is 16.3. The molecule has 0 unspecified atom stereocenters. The Morgan fingerprint density at radius 3 is 2.60 bits per heavy atom. The van der Waals surface area contributed by atoms with Crippen molar-refractivity contribution in [2.45, 2.75) is 39.8 Å². The summed E-state index contributed by atoms with van der Waals surface area (Å²) in [6, 6.07) is 8.25. The summed E-state index contributed by atoms with van der Waals surface area (Å²) in [5, 5.41) is 1.22. The lowest BCUT2D eigenvalue weighted by atomic mass is 9.82. The van der Waals surface area contributed by atoms with Gasteiger partial charge in [-0.05, 0) is 37.4 Å². The van der Waals surface area contributed by atoms with Crippen LogP contribution in [0.15, 0.2) is 28.7 Å². The number of furan rings is 1. The molecule has 2 heterocycles. The van der Waals surface area contributed by atoms with Crippen LogP contribution >= 0.6 is 0 Å². The average Bonchev–Trinajstić information content (AvgIpc) is 2.79. The third-order valence-electron chi connectivity index (χ3n) is 4.56. The summed E-state index contributed by atoms with van der Waals surface area (Å²) < 4.78 is 5.88. The number of nitrogens with zero attached hydrogens (tertiary/aromatic N) is 1. The zero-order valence-electron chi connectivity index (χ0n) is 12.5. The lowest BCUT2D eigenvalue weighted by molar-refractivity contribution is 0.127. The standard InChI is InChI=1S/C17H24N2O/c1-17(2)7-9-19(10-8-17)12-14-13-5-3-4-6-15(13)20-16(14)11-18/h3-6H,7-12,18H2,1-2H3. The summed E-state index contributed by atoms with van der Waals surface area (Å²) >= 11 is 0. The lowest BCUT2D eigenvalue weighted by Crippen LogP contribution is -2.36. The van der Waals surface area contributed by atoms with Gasteiger partial charge in [0.1, 0.15) is 11.3 Å². The number of para-hydroxylation sites is 1. The van der Waals surface area contributed by atoms with E-state index in [-0.39, 0.29) is 0 Å².